The molecule has 1 atom stereocenters. The van der Waals surface area contributed by atoms with E-state index in [1.54, 1.807) is 12.4 Å². The van der Waals surface area contributed by atoms with Crippen LogP contribution in [0.2, 0.25) is 0 Å². The third-order valence-corrected chi connectivity index (χ3v) is 2.89. The van der Waals surface area contributed by atoms with Gasteiger partial charge in [0.15, 0.2) is 0 Å². The topological polar surface area (TPSA) is 78.0 Å². The van der Waals surface area contributed by atoms with Crippen molar-refractivity contribution in [2.24, 2.45) is 5.92 Å². The van der Waals surface area contributed by atoms with E-state index < -0.39 is 6.10 Å². The van der Waals surface area contributed by atoms with Crippen LogP contribution < -0.4 is 5.32 Å². The van der Waals surface area contributed by atoms with Crippen molar-refractivity contribution in [2.75, 3.05) is 5.32 Å². The first kappa shape index (κ1) is 12.6. The molecule has 2 aromatic rings. The highest BCUT2D eigenvalue weighted by Crippen LogP contribution is 2.20. The van der Waals surface area contributed by atoms with Crippen molar-refractivity contribution in [3.05, 3.63) is 24.5 Å². The van der Waals surface area contributed by atoms with Crippen LogP contribution in [-0.4, -0.2) is 27.1 Å². The largest absolute Gasteiger partial charge is 0.392 e. The Hall–Kier alpha value is -1.88. The van der Waals surface area contributed by atoms with Crippen LogP contribution in [0.4, 0.5) is 5.69 Å². The molecule has 0 bridgehead atoms. The Bertz CT molecular complexity index is 548. The number of hydrogen-bond donors (Lipinski definition) is 3. The number of amides is 1. The fourth-order valence-corrected chi connectivity index (χ4v) is 1.69. The second-order valence-corrected chi connectivity index (χ2v) is 4.67. The number of hydrogen-bond acceptors (Lipinski definition) is 3. The summed E-state index contributed by atoms with van der Waals surface area (Å²) in [7, 11) is 0. The lowest BCUT2D eigenvalue weighted by Crippen LogP contribution is -2.23. The van der Waals surface area contributed by atoms with Crippen molar-refractivity contribution in [3.63, 3.8) is 0 Å². The van der Waals surface area contributed by atoms with Gasteiger partial charge >= 0.3 is 0 Å². The van der Waals surface area contributed by atoms with Crippen LogP contribution in [0, 0.1) is 5.92 Å². The summed E-state index contributed by atoms with van der Waals surface area (Å²) >= 11 is 0. The maximum Gasteiger partial charge on any atom is 0.227 e. The molecule has 18 heavy (non-hydrogen) atoms. The third kappa shape index (κ3) is 2.68. The Balaban J connectivity index is 2.09. The molecule has 5 heteroatoms. The number of aromatic amines is 1. The maximum atomic E-state index is 11.8. The Morgan fingerprint density at radius 3 is 3.00 bits per heavy atom. The maximum absolute atomic E-state index is 11.8. The first-order valence-corrected chi connectivity index (χ1v) is 5.98. The van der Waals surface area contributed by atoms with Crippen LogP contribution in [0.5, 0.6) is 0 Å². The van der Waals surface area contributed by atoms with Crippen LogP contribution >= 0.6 is 0 Å². The number of H-pyrrole nitrogens is 1. The number of fused-ring (bicyclic) bond motifs is 1. The molecule has 96 valence electrons. The number of imidazole rings is 1. The zero-order valence-electron chi connectivity index (χ0n) is 10.5. The van der Waals surface area contributed by atoms with Crippen molar-refractivity contribution in [1.29, 1.82) is 0 Å². The highest BCUT2D eigenvalue weighted by Gasteiger charge is 2.15. The van der Waals surface area contributed by atoms with Crippen molar-refractivity contribution in [1.82, 2.24) is 9.97 Å². The molecule has 0 saturated heterocycles. The number of carbonyl (C=O) groups is 1. The van der Waals surface area contributed by atoms with E-state index in [1.165, 1.54) is 0 Å². The zero-order valence-corrected chi connectivity index (χ0v) is 10.5. The predicted octanol–water partition coefficient (Wildman–Crippen LogP) is 1.91. The lowest BCUT2D eigenvalue weighted by Gasteiger charge is -2.14. The molecule has 0 fully saturated rings. The summed E-state index contributed by atoms with van der Waals surface area (Å²) in [5.74, 6) is -0.136. The Labute approximate surface area is 105 Å². The average molecular weight is 247 g/mol. The van der Waals surface area contributed by atoms with Crippen LogP contribution in [0.15, 0.2) is 24.5 Å². The van der Waals surface area contributed by atoms with Crippen molar-refractivity contribution < 1.29 is 9.90 Å². The molecule has 0 radical (unpaired) electrons. The molecule has 1 aromatic heterocycles. The standard InChI is InChI=1S/C13H17N3O2/c1-8(2)11(17)6-12(18)16-10-5-3-4-9-13(10)15-7-14-9/h3-5,7-8,11,17H,6H2,1-2H3,(H,14,15)(H,16,18). The minimum atomic E-state index is -0.622. The number of para-hydroxylation sites is 1. The van der Waals surface area contributed by atoms with Gasteiger partial charge in [-0.05, 0) is 18.1 Å². The molecule has 3 N–H and O–H groups in total. The van der Waals surface area contributed by atoms with E-state index in [0.29, 0.717) is 5.69 Å². The van der Waals surface area contributed by atoms with Gasteiger partial charge in [0.1, 0.15) is 5.52 Å². The van der Waals surface area contributed by atoms with Gasteiger partial charge in [-0.3, -0.25) is 4.79 Å². The van der Waals surface area contributed by atoms with Gasteiger partial charge in [0.05, 0.1) is 30.1 Å². The van der Waals surface area contributed by atoms with Gasteiger partial charge in [0.25, 0.3) is 0 Å². The number of nitrogens with zero attached hydrogens (tertiary/aromatic N) is 1. The molecule has 0 saturated carbocycles. The van der Waals surface area contributed by atoms with Gasteiger partial charge in [0.2, 0.25) is 5.91 Å². The van der Waals surface area contributed by atoms with E-state index in [4.69, 9.17) is 0 Å². The van der Waals surface area contributed by atoms with Crippen molar-refractivity contribution in [3.8, 4) is 0 Å². The van der Waals surface area contributed by atoms with Crippen molar-refractivity contribution >= 4 is 22.6 Å². The third-order valence-electron chi connectivity index (χ3n) is 2.89. The Morgan fingerprint density at radius 1 is 1.50 bits per heavy atom. The number of aliphatic hydroxyl groups excluding tert-OH is 1. The molecular weight excluding hydrogens is 230 g/mol. The first-order chi connectivity index (χ1) is 8.58. The van der Waals surface area contributed by atoms with Crippen LogP contribution in [0.3, 0.4) is 0 Å². The smallest absolute Gasteiger partial charge is 0.227 e. The summed E-state index contributed by atoms with van der Waals surface area (Å²) in [5.41, 5.74) is 2.26. The molecule has 2 rings (SSSR count). The van der Waals surface area contributed by atoms with E-state index in [9.17, 15) is 9.90 Å². The van der Waals surface area contributed by atoms with Crippen molar-refractivity contribution in [2.45, 2.75) is 26.4 Å². The number of anilines is 1. The SMILES string of the molecule is CC(C)C(O)CC(=O)Nc1cccc2[nH]cnc12. The summed E-state index contributed by atoms with van der Waals surface area (Å²) < 4.78 is 0. The molecule has 0 aliphatic rings. The second kappa shape index (κ2) is 5.18. The average Bonchev–Trinajstić information content (AvgIpc) is 2.77. The molecule has 1 amide bonds. The number of rotatable bonds is 4. The van der Waals surface area contributed by atoms with Crippen LogP contribution in [0.25, 0.3) is 11.0 Å². The molecule has 1 heterocycles. The number of aliphatic hydroxyl groups is 1. The fourth-order valence-electron chi connectivity index (χ4n) is 1.69. The number of carbonyl (C=O) groups excluding carboxylic acids is 1. The summed E-state index contributed by atoms with van der Waals surface area (Å²) in [6.07, 6.45) is 1.06. The van der Waals surface area contributed by atoms with E-state index in [1.807, 2.05) is 26.0 Å². The molecular formula is C13H17N3O2. The Morgan fingerprint density at radius 2 is 2.28 bits per heavy atom. The molecule has 0 aliphatic carbocycles. The van der Waals surface area contributed by atoms with E-state index in [2.05, 4.69) is 15.3 Å². The highest BCUT2D eigenvalue weighted by molar-refractivity contribution is 5.99. The van der Waals surface area contributed by atoms with Gasteiger partial charge in [0, 0.05) is 0 Å². The molecule has 0 aliphatic heterocycles. The molecule has 5 nitrogen and oxygen atoms in total. The number of benzene rings is 1. The number of aromatic nitrogens is 2. The monoisotopic (exact) mass is 247 g/mol. The molecule has 0 spiro atoms. The highest BCUT2D eigenvalue weighted by atomic mass is 16.3. The molecule has 1 unspecified atom stereocenters. The Kier molecular flexibility index (Phi) is 3.62. The van der Waals surface area contributed by atoms with E-state index in [-0.39, 0.29) is 18.2 Å². The van der Waals surface area contributed by atoms with E-state index in [0.717, 1.165) is 11.0 Å². The van der Waals surface area contributed by atoms with Gasteiger partial charge in [-0.2, -0.15) is 0 Å². The summed E-state index contributed by atoms with van der Waals surface area (Å²) in [6.45, 7) is 3.76. The second-order valence-electron chi connectivity index (χ2n) is 4.67. The summed E-state index contributed by atoms with van der Waals surface area (Å²) in [4.78, 5) is 18.9. The summed E-state index contributed by atoms with van der Waals surface area (Å²) in [6, 6.07) is 5.53. The normalized spacial score (nSPS) is 12.9. The van der Waals surface area contributed by atoms with Gasteiger partial charge < -0.3 is 15.4 Å². The number of nitrogens with one attached hydrogen (secondary N) is 2. The summed E-state index contributed by atoms with van der Waals surface area (Å²) in [5, 5.41) is 12.4. The minimum Gasteiger partial charge on any atom is -0.392 e. The predicted molar refractivity (Wildman–Crippen MR) is 70.2 cm³/mol. The van der Waals surface area contributed by atoms with Gasteiger partial charge in [-0.15, -0.1) is 0 Å². The van der Waals surface area contributed by atoms with Gasteiger partial charge in [-0.25, -0.2) is 4.98 Å². The lowest BCUT2D eigenvalue weighted by molar-refractivity contribution is -0.118. The minimum absolute atomic E-state index is 0.0666. The molecule has 1 aromatic carbocycles. The lowest BCUT2D eigenvalue weighted by atomic mass is 10.0. The fraction of sp³-hybridized carbons (Fsp3) is 0.385. The van der Waals surface area contributed by atoms with E-state index >= 15 is 0 Å². The van der Waals surface area contributed by atoms with Crippen LogP contribution in [-0.2, 0) is 4.79 Å². The van der Waals surface area contributed by atoms with Gasteiger partial charge in [-0.1, -0.05) is 19.9 Å². The zero-order chi connectivity index (χ0) is 13.1. The van der Waals surface area contributed by atoms with Crippen LogP contribution in [0.1, 0.15) is 20.3 Å². The quantitative estimate of drug-likeness (QED) is 0.772. The first-order valence-electron chi connectivity index (χ1n) is 5.98.